The zero-order valence-corrected chi connectivity index (χ0v) is 17.8. The minimum Gasteiger partial charge on any atom is -0.393 e. The van der Waals surface area contributed by atoms with Crippen LogP contribution >= 0.6 is 22.9 Å². The van der Waals surface area contributed by atoms with Gasteiger partial charge in [-0.25, -0.2) is 4.98 Å². The summed E-state index contributed by atoms with van der Waals surface area (Å²) in [7, 11) is 0. The van der Waals surface area contributed by atoms with E-state index < -0.39 is 5.91 Å². The van der Waals surface area contributed by atoms with E-state index in [1.165, 1.54) is 11.3 Å². The molecule has 158 valence electrons. The summed E-state index contributed by atoms with van der Waals surface area (Å²) in [5, 5.41) is 15.2. The number of carbonyl (C=O) groups is 1. The van der Waals surface area contributed by atoms with Crippen LogP contribution < -0.4 is 10.9 Å². The topological polar surface area (TPSA) is 104 Å². The lowest BCUT2D eigenvalue weighted by atomic mass is 10.1. The summed E-state index contributed by atoms with van der Waals surface area (Å²) in [6.07, 6.45) is 2.32. The Bertz CT molecular complexity index is 1110. The van der Waals surface area contributed by atoms with Crippen LogP contribution in [0.25, 0.3) is 10.2 Å². The van der Waals surface area contributed by atoms with Crippen LogP contribution in [-0.4, -0.2) is 33.7 Å². The van der Waals surface area contributed by atoms with Crippen LogP contribution in [0.15, 0.2) is 34.4 Å². The Balaban J connectivity index is 1.41. The molecule has 2 heterocycles. The van der Waals surface area contributed by atoms with Gasteiger partial charge in [0.1, 0.15) is 4.83 Å². The summed E-state index contributed by atoms with van der Waals surface area (Å²) < 4.78 is 5.77. The minimum absolute atomic E-state index is 0.0243. The van der Waals surface area contributed by atoms with Crippen molar-refractivity contribution in [2.75, 3.05) is 6.61 Å². The Hall–Kier alpha value is -2.26. The predicted molar refractivity (Wildman–Crippen MR) is 116 cm³/mol. The first-order chi connectivity index (χ1) is 14.5. The molecule has 2 unspecified atom stereocenters. The summed E-state index contributed by atoms with van der Waals surface area (Å²) in [6, 6.07) is 7.18. The van der Waals surface area contributed by atoms with Gasteiger partial charge in [0.05, 0.1) is 18.1 Å². The van der Waals surface area contributed by atoms with Gasteiger partial charge in [0.2, 0.25) is 5.82 Å². The van der Waals surface area contributed by atoms with Gasteiger partial charge < -0.3 is 20.1 Å². The van der Waals surface area contributed by atoms with Gasteiger partial charge in [-0.1, -0.05) is 23.7 Å². The highest BCUT2D eigenvalue weighted by atomic mass is 35.5. The van der Waals surface area contributed by atoms with Crippen LogP contribution in [0.2, 0.25) is 5.02 Å². The molecule has 1 aliphatic rings. The SMILES string of the molecule is O=C(NCc1cccc(Cl)c1)c1nc2scc(COCC3CCC(O)C3)c2c(=O)[nH]1. The first kappa shape index (κ1) is 21.0. The second-order valence-electron chi connectivity index (χ2n) is 7.52. The number of rotatable bonds is 7. The highest BCUT2D eigenvalue weighted by Crippen LogP contribution is 2.27. The molecule has 0 radical (unpaired) electrons. The van der Waals surface area contributed by atoms with Crippen LogP contribution in [0.5, 0.6) is 0 Å². The van der Waals surface area contributed by atoms with Gasteiger partial charge in [-0.2, -0.15) is 0 Å². The summed E-state index contributed by atoms with van der Waals surface area (Å²) >= 11 is 7.26. The number of ether oxygens (including phenoxy) is 1. The van der Waals surface area contributed by atoms with Gasteiger partial charge in [-0.15, -0.1) is 11.3 Å². The van der Waals surface area contributed by atoms with Crippen molar-refractivity contribution in [2.24, 2.45) is 5.92 Å². The number of fused-ring (bicyclic) bond motifs is 1. The Morgan fingerprint density at radius 1 is 1.40 bits per heavy atom. The first-order valence-corrected chi connectivity index (χ1v) is 11.0. The second kappa shape index (κ2) is 9.26. The smallest absolute Gasteiger partial charge is 0.287 e. The van der Waals surface area contributed by atoms with Gasteiger partial charge in [-0.3, -0.25) is 9.59 Å². The van der Waals surface area contributed by atoms with Gasteiger partial charge in [0, 0.05) is 23.7 Å². The molecule has 2 atom stereocenters. The number of hydrogen-bond donors (Lipinski definition) is 3. The van der Waals surface area contributed by atoms with Gasteiger partial charge in [0.15, 0.2) is 0 Å². The molecule has 3 N–H and O–H groups in total. The molecule has 0 spiro atoms. The van der Waals surface area contributed by atoms with Crippen molar-refractivity contribution < 1.29 is 14.6 Å². The maximum absolute atomic E-state index is 12.6. The van der Waals surface area contributed by atoms with Crippen LogP contribution in [0.4, 0.5) is 0 Å². The number of aliphatic hydroxyl groups is 1. The molecule has 30 heavy (non-hydrogen) atoms. The summed E-state index contributed by atoms with van der Waals surface area (Å²) in [5.74, 6) is -0.125. The van der Waals surface area contributed by atoms with Crippen LogP contribution in [-0.2, 0) is 17.9 Å². The number of H-pyrrole nitrogens is 1. The molecule has 1 amide bonds. The van der Waals surface area contributed by atoms with E-state index in [0.29, 0.717) is 34.4 Å². The number of benzene rings is 1. The van der Waals surface area contributed by atoms with Crippen molar-refractivity contribution in [3.63, 3.8) is 0 Å². The number of hydrogen-bond acceptors (Lipinski definition) is 6. The third-order valence-corrected chi connectivity index (χ3v) is 6.36. The molecule has 9 heteroatoms. The van der Waals surface area contributed by atoms with Gasteiger partial charge >= 0.3 is 0 Å². The molecule has 0 saturated heterocycles. The number of carbonyl (C=O) groups excluding carboxylic acids is 1. The molecule has 7 nitrogen and oxygen atoms in total. The zero-order valence-electron chi connectivity index (χ0n) is 16.2. The molecule has 4 rings (SSSR count). The molecule has 0 aliphatic heterocycles. The fourth-order valence-electron chi connectivity index (χ4n) is 3.67. The summed E-state index contributed by atoms with van der Waals surface area (Å²) in [4.78, 5) is 32.4. The fourth-order valence-corrected chi connectivity index (χ4v) is 4.81. The monoisotopic (exact) mass is 447 g/mol. The van der Waals surface area contributed by atoms with E-state index in [1.807, 2.05) is 11.4 Å². The van der Waals surface area contributed by atoms with E-state index in [4.69, 9.17) is 16.3 Å². The minimum atomic E-state index is -0.458. The molecule has 1 aliphatic carbocycles. The van der Waals surface area contributed by atoms with Gasteiger partial charge in [-0.05, 0) is 48.3 Å². The van der Waals surface area contributed by atoms with E-state index >= 15 is 0 Å². The lowest BCUT2D eigenvalue weighted by Gasteiger charge is -2.09. The molecular formula is C21H22ClN3O4S. The Morgan fingerprint density at radius 3 is 3.03 bits per heavy atom. The predicted octanol–water partition coefficient (Wildman–Crippen LogP) is 3.25. The number of nitrogens with one attached hydrogen (secondary N) is 2. The van der Waals surface area contributed by atoms with E-state index in [2.05, 4.69) is 15.3 Å². The standard InChI is InChI=1S/C21H22ClN3O4S/c22-15-3-1-2-12(6-15)8-23-20(28)18-24-19(27)17-14(11-30-21(17)25-18)10-29-9-13-4-5-16(26)7-13/h1-3,6,11,13,16,26H,4-5,7-10H2,(H,23,28)(H,24,25,27). The summed E-state index contributed by atoms with van der Waals surface area (Å²) in [6.45, 7) is 1.14. The Labute approximate surface area is 182 Å². The lowest BCUT2D eigenvalue weighted by Crippen LogP contribution is -2.27. The number of nitrogens with zero attached hydrogens (tertiary/aromatic N) is 1. The van der Waals surface area contributed by atoms with Gasteiger partial charge in [0.25, 0.3) is 11.5 Å². The molecule has 3 aromatic rings. The quantitative estimate of drug-likeness (QED) is 0.515. The molecule has 1 fully saturated rings. The highest BCUT2D eigenvalue weighted by Gasteiger charge is 2.23. The van der Waals surface area contributed by atoms with Crippen LogP contribution in [0.3, 0.4) is 0 Å². The number of aliphatic hydroxyl groups excluding tert-OH is 1. The van der Waals surface area contributed by atoms with Crippen molar-refractivity contribution >= 4 is 39.1 Å². The number of aromatic nitrogens is 2. The molecule has 1 aromatic carbocycles. The maximum atomic E-state index is 12.6. The average Bonchev–Trinajstić information content (AvgIpc) is 3.32. The molecular weight excluding hydrogens is 426 g/mol. The van der Waals surface area contributed by atoms with E-state index in [0.717, 1.165) is 30.4 Å². The van der Waals surface area contributed by atoms with E-state index in [1.54, 1.807) is 18.2 Å². The van der Waals surface area contributed by atoms with Crippen LogP contribution in [0.1, 0.15) is 41.0 Å². The average molecular weight is 448 g/mol. The largest absolute Gasteiger partial charge is 0.393 e. The Kier molecular flexibility index (Phi) is 6.48. The highest BCUT2D eigenvalue weighted by molar-refractivity contribution is 7.16. The molecule has 1 saturated carbocycles. The Morgan fingerprint density at radius 2 is 2.27 bits per heavy atom. The number of halogens is 1. The first-order valence-electron chi connectivity index (χ1n) is 9.78. The zero-order chi connectivity index (χ0) is 21.1. The lowest BCUT2D eigenvalue weighted by molar-refractivity contribution is 0.0829. The maximum Gasteiger partial charge on any atom is 0.287 e. The third-order valence-electron chi connectivity index (χ3n) is 5.20. The molecule has 2 aromatic heterocycles. The number of aromatic amines is 1. The number of amides is 1. The second-order valence-corrected chi connectivity index (χ2v) is 8.81. The molecule has 0 bridgehead atoms. The number of thiophene rings is 1. The van der Waals surface area contributed by atoms with E-state index in [-0.39, 0.29) is 24.0 Å². The van der Waals surface area contributed by atoms with E-state index in [9.17, 15) is 14.7 Å². The third kappa shape index (κ3) is 4.89. The van der Waals surface area contributed by atoms with Crippen molar-refractivity contribution in [1.29, 1.82) is 0 Å². The van der Waals surface area contributed by atoms with Crippen molar-refractivity contribution in [2.45, 2.75) is 38.5 Å². The summed E-state index contributed by atoms with van der Waals surface area (Å²) in [5.41, 5.74) is 1.25. The normalized spacial score (nSPS) is 18.7. The van der Waals surface area contributed by atoms with Crippen molar-refractivity contribution in [3.05, 3.63) is 62.0 Å². The van der Waals surface area contributed by atoms with Crippen molar-refractivity contribution in [3.8, 4) is 0 Å². The van der Waals surface area contributed by atoms with Crippen LogP contribution in [0, 0.1) is 5.92 Å². The van der Waals surface area contributed by atoms with Crippen molar-refractivity contribution in [1.82, 2.24) is 15.3 Å². The fraction of sp³-hybridized carbons (Fsp3) is 0.381.